The first kappa shape index (κ1) is 22.5. The predicted octanol–water partition coefficient (Wildman–Crippen LogP) is 2.28. The minimum Gasteiger partial charge on any atom is -0.319 e. The molecule has 21 heavy (non-hydrogen) atoms. The molecule has 0 aliphatic carbocycles. The number of rotatable bonds is 7. The number of amides is 1. The van der Waals surface area contributed by atoms with E-state index in [9.17, 15) is 4.79 Å². The summed E-state index contributed by atoms with van der Waals surface area (Å²) in [6.07, 6.45) is 0. The number of carbonyl (C=O) groups is 1. The van der Waals surface area contributed by atoms with Gasteiger partial charge in [0.2, 0.25) is 5.91 Å². The van der Waals surface area contributed by atoms with Gasteiger partial charge in [-0.1, -0.05) is 25.1 Å². The number of benzene rings is 1. The Balaban J connectivity index is 0. The Bertz CT molecular complexity index is 388. The molecular formula is C15H27Cl2N3O. The van der Waals surface area contributed by atoms with Crippen molar-refractivity contribution in [2.75, 3.05) is 45.7 Å². The molecule has 1 rings (SSSR count). The summed E-state index contributed by atoms with van der Waals surface area (Å²) in [4.78, 5) is 16.5. The van der Waals surface area contributed by atoms with E-state index in [1.54, 1.807) is 0 Å². The average molecular weight is 336 g/mol. The van der Waals surface area contributed by atoms with Crippen molar-refractivity contribution < 1.29 is 4.79 Å². The lowest BCUT2D eigenvalue weighted by atomic mass is 10.1. The molecule has 1 aromatic rings. The molecule has 0 saturated heterocycles. The molecule has 0 radical (unpaired) electrons. The first-order valence-electron chi connectivity index (χ1n) is 6.72. The van der Waals surface area contributed by atoms with Gasteiger partial charge in [-0.15, -0.1) is 24.8 Å². The second-order valence-corrected chi connectivity index (χ2v) is 5.09. The molecule has 0 spiro atoms. The second kappa shape index (κ2) is 11.8. The van der Waals surface area contributed by atoms with Crippen LogP contribution in [0.1, 0.15) is 6.92 Å². The maximum Gasteiger partial charge on any atom is 0.231 e. The van der Waals surface area contributed by atoms with Crippen molar-refractivity contribution in [1.82, 2.24) is 10.2 Å². The van der Waals surface area contributed by atoms with Crippen LogP contribution in [-0.4, -0.2) is 51.6 Å². The first-order valence-corrected chi connectivity index (χ1v) is 6.72. The highest BCUT2D eigenvalue weighted by Crippen LogP contribution is 2.16. The van der Waals surface area contributed by atoms with Gasteiger partial charge in [-0.05, 0) is 33.3 Å². The van der Waals surface area contributed by atoms with E-state index in [1.807, 2.05) is 63.3 Å². The largest absolute Gasteiger partial charge is 0.319 e. The highest BCUT2D eigenvalue weighted by atomic mass is 35.5. The maximum atomic E-state index is 12.5. The number of para-hydroxylation sites is 1. The van der Waals surface area contributed by atoms with Crippen LogP contribution in [0, 0.1) is 5.92 Å². The standard InChI is InChI=1S/C15H25N3O.2ClH/c1-13(12-16-2)15(19)18(11-10-17(3)4)14-8-6-5-7-9-14;;/h5-9,13,16H,10-12H2,1-4H3;2*1H. The molecule has 0 bridgehead atoms. The van der Waals surface area contributed by atoms with Crippen molar-refractivity contribution in [2.24, 2.45) is 5.92 Å². The zero-order valence-corrected chi connectivity index (χ0v) is 14.8. The van der Waals surface area contributed by atoms with E-state index >= 15 is 0 Å². The van der Waals surface area contributed by atoms with E-state index in [-0.39, 0.29) is 36.6 Å². The number of hydrogen-bond donors (Lipinski definition) is 1. The van der Waals surface area contributed by atoms with E-state index in [0.717, 1.165) is 12.2 Å². The lowest BCUT2D eigenvalue weighted by molar-refractivity contribution is -0.121. The smallest absolute Gasteiger partial charge is 0.231 e. The SMILES string of the molecule is CNCC(C)C(=O)N(CCN(C)C)c1ccccc1.Cl.Cl. The summed E-state index contributed by atoms with van der Waals surface area (Å²) in [5.41, 5.74) is 0.970. The average Bonchev–Trinajstić information content (AvgIpc) is 2.40. The zero-order valence-electron chi connectivity index (χ0n) is 13.2. The highest BCUT2D eigenvalue weighted by Gasteiger charge is 2.21. The van der Waals surface area contributed by atoms with Gasteiger partial charge in [0, 0.05) is 31.2 Å². The predicted molar refractivity (Wildman–Crippen MR) is 94.9 cm³/mol. The molecular weight excluding hydrogens is 309 g/mol. The van der Waals surface area contributed by atoms with Crippen LogP contribution in [0.2, 0.25) is 0 Å². The summed E-state index contributed by atoms with van der Waals surface area (Å²) in [6.45, 7) is 4.23. The van der Waals surface area contributed by atoms with E-state index in [0.29, 0.717) is 13.1 Å². The van der Waals surface area contributed by atoms with E-state index in [1.165, 1.54) is 0 Å². The number of anilines is 1. The first-order chi connectivity index (χ1) is 9.06. The van der Waals surface area contributed by atoms with E-state index in [4.69, 9.17) is 0 Å². The Morgan fingerprint density at radius 1 is 1.14 bits per heavy atom. The number of nitrogens with one attached hydrogen (secondary N) is 1. The van der Waals surface area contributed by atoms with Gasteiger partial charge in [-0.25, -0.2) is 0 Å². The third-order valence-electron chi connectivity index (χ3n) is 3.04. The molecule has 0 fully saturated rings. The van der Waals surface area contributed by atoms with Gasteiger partial charge in [0.1, 0.15) is 0 Å². The zero-order chi connectivity index (χ0) is 14.3. The van der Waals surface area contributed by atoms with Crippen LogP contribution in [0.3, 0.4) is 0 Å². The molecule has 1 N–H and O–H groups in total. The second-order valence-electron chi connectivity index (χ2n) is 5.09. The summed E-state index contributed by atoms with van der Waals surface area (Å²) in [5, 5.41) is 3.06. The van der Waals surface area contributed by atoms with E-state index in [2.05, 4.69) is 10.2 Å². The van der Waals surface area contributed by atoms with Gasteiger partial charge in [0.25, 0.3) is 0 Å². The third-order valence-corrected chi connectivity index (χ3v) is 3.04. The van der Waals surface area contributed by atoms with Gasteiger partial charge in [0.05, 0.1) is 0 Å². The Hall–Kier alpha value is -0.810. The topological polar surface area (TPSA) is 35.6 Å². The molecule has 0 aliphatic heterocycles. The van der Waals surface area contributed by atoms with Crippen molar-refractivity contribution in [3.8, 4) is 0 Å². The van der Waals surface area contributed by atoms with Gasteiger partial charge < -0.3 is 15.1 Å². The molecule has 4 nitrogen and oxygen atoms in total. The summed E-state index contributed by atoms with van der Waals surface area (Å²) in [6, 6.07) is 9.87. The quantitative estimate of drug-likeness (QED) is 0.830. The van der Waals surface area contributed by atoms with Crippen LogP contribution in [0.5, 0.6) is 0 Å². The lowest BCUT2D eigenvalue weighted by Gasteiger charge is -2.27. The van der Waals surface area contributed by atoms with Gasteiger partial charge in [-0.3, -0.25) is 4.79 Å². The number of nitrogens with zero attached hydrogens (tertiary/aromatic N) is 2. The number of hydrogen-bond acceptors (Lipinski definition) is 3. The fourth-order valence-electron chi connectivity index (χ4n) is 1.93. The molecule has 1 aromatic carbocycles. The summed E-state index contributed by atoms with van der Waals surface area (Å²) in [7, 11) is 5.91. The third kappa shape index (κ3) is 7.67. The lowest BCUT2D eigenvalue weighted by Crippen LogP contribution is -2.42. The van der Waals surface area contributed by atoms with Gasteiger partial charge in [0.15, 0.2) is 0 Å². The molecule has 0 aliphatic rings. The maximum absolute atomic E-state index is 12.5. The van der Waals surface area contributed by atoms with Crippen molar-refractivity contribution in [3.05, 3.63) is 30.3 Å². The Morgan fingerprint density at radius 3 is 2.19 bits per heavy atom. The number of carbonyl (C=O) groups excluding carboxylic acids is 1. The summed E-state index contributed by atoms with van der Waals surface area (Å²) < 4.78 is 0. The molecule has 122 valence electrons. The van der Waals surface area contributed by atoms with Crippen LogP contribution in [-0.2, 0) is 4.79 Å². The minimum atomic E-state index is -0.0210. The molecule has 0 heterocycles. The van der Waals surface area contributed by atoms with Crippen molar-refractivity contribution >= 4 is 36.4 Å². The van der Waals surface area contributed by atoms with Crippen molar-refractivity contribution in [2.45, 2.75) is 6.92 Å². The van der Waals surface area contributed by atoms with Gasteiger partial charge >= 0.3 is 0 Å². The molecule has 0 saturated carbocycles. The van der Waals surface area contributed by atoms with Crippen molar-refractivity contribution in [3.63, 3.8) is 0 Å². The number of likely N-dealkylation sites (N-methyl/N-ethyl adjacent to an activating group) is 1. The molecule has 1 atom stereocenters. The minimum absolute atomic E-state index is 0. The fraction of sp³-hybridized carbons (Fsp3) is 0.533. The summed E-state index contributed by atoms with van der Waals surface area (Å²) >= 11 is 0. The van der Waals surface area contributed by atoms with Gasteiger partial charge in [-0.2, -0.15) is 0 Å². The molecule has 6 heteroatoms. The van der Waals surface area contributed by atoms with Crippen LogP contribution >= 0.6 is 24.8 Å². The van der Waals surface area contributed by atoms with Crippen molar-refractivity contribution in [1.29, 1.82) is 0 Å². The van der Waals surface area contributed by atoms with Crippen LogP contribution in [0.4, 0.5) is 5.69 Å². The van der Waals surface area contributed by atoms with Crippen LogP contribution in [0.15, 0.2) is 30.3 Å². The monoisotopic (exact) mass is 335 g/mol. The normalized spacial score (nSPS) is 11.3. The Morgan fingerprint density at radius 2 is 1.71 bits per heavy atom. The van der Waals surface area contributed by atoms with Crippen LogP contribution in [0.25, 0.3) is 0 Å². The molecule has 1 unspecified atom stereocenters. The molecule has 1 amide bonds. The highest BCUT2D eigenvalue weighted by molar-refractivity contribution is 5.95. The van der Waals surface area contributed by atoms with E-state index < -0.39 is 0 Å². The Labute approximate surface area is 140 Å². The Kier molecular flexibility index (Phi) is 12.6. The summed E-state index contributed by atoms with van der Waals surface area (Å²) in [5.74, 6) is 0.148. The van der Waals surface area contributed by atoms with Crippen LogP contribution < -0.4 is 10.2 Å². The molecule has 0 aromatic heterocycles. The number of halogens is 2. The fourth-order valence-corrected chi connectivity index (χ4v) is 1.93.